The summed E-state index contributed by atoms with van der Waals surface area (Å²) in [5.74, 6) is 5.93. The number of carboxylic acids is 1. The van der Waals surface area contributed by atoms with E-state index in [1.54, 1.807) is 0 Å². The van der Waals surface area contributed by atoms with E-state index in [2.05, 4.69) is 18.8 Å². The maximum atomic E-state index is 10.3. The molecule has 0 atom stereocenters. The zero-order chi connectivity index (χ0) is 16.3. The highest BCUT2D eigenvalue weighted by Crippen LogP contribution is 2.09. The molecule has 2 heteroatoms. The first kappa shape index (κ1) is 21.0. The van der Waals surface area contributed by atoms with Gasteiger partial charge in [-0.3, -0.25) is 4.79 Å². The van der Waals surface area contributed by atoms with Gasteiger partial charge in [-0.25, -0.2) is 0 Å². The second kappa shape index (κ2) is 18.1. The lowest BCUT2D eigenvalue weighted by atomic mass is 10.1. The minimum absolute atomic E-state index is 0.328. The van der Waals surface area contributed by atoms with Crippen molar-refractivity contribution in [1.82, 2.24) is 0 Å². The first-order valence-corrected chi connectivity index (χ1v) is 9.45. The van der Waals surface area contributed by atoms with Crippen LogP contribution >= 0.6 is 0 Å². The van der Waals surface area contributed by atoms with Crippen LogP contribution in [0.2, 0.25) is 0 Å². The van der Waals surface area contributed by atoms with Crippen LogP contribution in [0.4, 0.5) is 0 Å². The van der Waals surface area contributed by atoms with Gasteiger partial charge in [0, 0.05) is 19.3 Å². The van der Waals surface area contributed by atoms with Gasteiger partial charge in [0.15, 0.2) is 0 Å². The van der Waals surface area contributed by atoms with E-state index in [9.17, 15) is 4.79 Å². The van der Waals surface area contributed by atoms with E-state index in [-0.39, 0.29) is 0 Å². The molecule has 0 radical (unpaired) electrons. The summed E-state index contributed by atoms with van der Waals surface area (Å²) in [5.41, 5.74) is 0. The highest BCUT2D eigenvalue weighted by molar-refractivity contribution is 5.66. The summed E-state index contributed by atoms with van der Waals surface area (Å²) in [6.07, 6.45) is 18.6. The topological polar surface area (TPSA) is 37.3 Å². The third-order valence-electron chi connectivity index (χ3n) is 3.97. The van der Waals surface area contributed by atoms with Gasteiger partial charge in [-0.2, -0.15) is 0 Å². The Hall–Kier alpha value is -0.970. The van der Waals surface area contributed by atoms with Crippen LogP contribution in [-0.4, -0.2) is 11.1 Å². The Balaban J connectivity index is 3.10. The van der Waals surface area contributed by atoms with Crippen LogP contribution < -0.4 is 0 Å². The molecule has 0 rings (SSSR count). The van der Waals surface area contributed by atoms with Crippen molar-refractivity contribution in [2.75, 3.05) is 0 Å². The van der Waals surface area contributed by atoms with Crippen molar-refractivity contribution in [1.29, 1.82) is 0 Å². The maximum Gasteiger partial charge on any atom is 0.303 e. The van der Waals surface area contributed by atoms with Crippen LogP contribution in [0.25, 0.3) is 0 Å². The molecule has 0 saturated carbocycles. The number of aliphatic carboxylic acids is 1. The quantitative estimate of drug-likeness (QED) is 0.283. The van der Waals surface area contributed by atoms with E-state index in [0.717, 1.165) is 25.7 Å². The Kier molecular flexibility index (Phi) is 17.3. The average molecular weight is 309 g/mol. The molecule has 128 valence electrons. The van der Waals surface area contributed by atoms with Gasteiger partial charge in [0.05, 0.1) is 0 Å². The number of hydrogen-bond acceptors (Lipinski definition) is 1. The minimum atomic E-state index is -0.667. The van der Waals surface area contributed by atoms with Crippen molar-refractivity contribution >= 4 is 5.97 Å². The lowest BCUT2D eigenvalue weighted by Crippen LogP contribution is -1.93. The summed E-state index contributed by atoms with van der Waals surface area (Å²) in [4.78, 5) is 10.3. The molecule has 0 heterocycles. The highest BCUT2D eigenvalue weighted by Gasteiger charge is 1.96. The summed E-state index contributed by atoms with van der Waals surface area (Å²) >= 11 is 0. The van der Waals surface area contributed by atoms with Gasteiger partial charge >= 0.3 is 5.97 Å². The molecule has 1 N–H and O–H groups in total. The fourth-order valence-corrected chi connectivity index (χ4v) is 2.54. The van der Waals surface area contributed by atoms with Crippen molar-refractivity contribution in [2.45, 2.75) is 110 Å². The Morgan fingerprint density at radius 2 is 1.09 bits per heavy atom. The Bertz CT molecular complexity index is 299. The summed E-state index contributed by atoms with van der Waals surface area (Å²) in [6.45, 7) is 2.25. The molecule has 0 aliphatic carbocycles. The summed E-state index contributed by atoms with van der Waals surface area (Å²) in [7, 11) is 0. The molecule has 0 aliphatic rings. The van der Waals surface area contributed by atoms with Crippen LogP contribution in [0.5, 0.6) is 0 Å². The van der Waals surface area contributed by atoms with Gasteiger partial charge in [0.25, 0.3) is 0 Å². The number of carbonyl (C=O) groups is 1. The molecular weight excluding hydrogens is 272 g/mol. The largest absolute Gasteiger partial charge is 0.481 e. The number of carboxylic acid groups (broad SMARTS) is 1. The predicted octanol–water partition coefficient (Wildman–Crippen LogP) is 6.34. The summed E-state index contributed by atoms with van der Waals surface area (Å²) in [6, 6.07) is 0. The fourth-order valence-electron chi connectivity index (χ4n) is 2.54. The molecule has 0 aliphatic heterocycles. The number of rotatable bonds is 15. The molecule has 2 nitrogen and oxygen atoms in total. The second-order valence-electron chi connectivity index (χ2n) is 6.24. The molecular formula is C20H36O2. The molecule has 0 spiro atoms. The third-order valence-corrected chi connectivity index (χ3v) is 3.97. The fraction of sp³-hybridized carbons (Fsp3) is 0.850. The van der Waals surface area contributed by atoms with Gasteiger partial charge in [-0.15, -0.1) is 11.8 Å². The Morgan fingerprint density at radius 1 is 0.682 bits per heavy atom. The van der Waals surface area contributed by atoms with Crippen molar-refractivity contribution in [2.24, 2.45) is 0 Å². The standard InChI is InChI=1S/C20H36O2/c1-2-3-4-5-6-7-8-9-10-11-12-13-14-15-16-17-18-19-20(21)22/h2-8,11-19H2,1H3,(H,21,22). The number of hydrogen-bond donors (Lipinski definition) is 1. The third kappa shape index (κ3) is 19.0. The first-order valence-electron chi connectivity index (χ1n) is 9.45. The zero-order valence-corrected chi connectivity index (χ0v) is 14.7. The lowest BCUT2D eigenvalue weighted by molar-refractivity contribution is -0.137. The number of unbranched alkanes of at least 4 members (excludes halogenated alkanes) is 13. The predicted molar refractivity (Wildman–Crippen MR) is 95.0 cm³/mol. The van der Waals surface area contributed by atoms with Crippen molar-refractivity contribution < 1.29 is 9.90 Å². The monoisotopic (exact) mass is 308 g/mol. The minimum Gasteiger partial charge on any atom is -0.481 e. The average Bonchev–Trinajstić information content (AvgIpc) is 2.50. The molecule has 0 amide bonds. The van der Waals surface area contributed by atoms with Crippen LogP contribution in [0.3, 0.4) is 0 Å². The molecule has 0 unspecified atom stereocenters. The molecule has 0 bridgehead atoms. The first-order chi connectivity index (χ1) is 10.8. The zero-order valence-electron chi connectivity index (χ0n) is 14.7. The summed E-state index contributed by atoms with van der Waals surface area (Å²) in [5, 5.41) is 8.53. The van der Waals surface area contributed by atoms with Crippen LogP contribution in [0.15, 0.2) is 0 Å². The van der Waals surface area contributed by atoms with Crippen LogP contribution in [0.1, 0.15) is 110 Å². The molecule has 0 saturated heterocycles. The molecule has 0 aromatic heterocycles. The van der Waals surface area contributed by atoms with Crippen molar-refractivity contribution in [3.63, 3.8) is 0 Å². The highest BCUT2D eigenvalue weighted by atomic mass is 16.4. The Morgan fingerprint density at radius 3 is 1.55 bits per heavy atom. The van der Waals surface area contributed by atoms with Crippen LogP contribution in [-0.2, 0) is 4.79 Å². The SMILES string of the molecule is CCCCCCCCC#CCCCCCCCCCC(=O)O. The second-order valence-corrected chi connectivity index (χ2v) is 6.24. The van der Waals surface area contributed by atoms with E-state index in [0.29, 0.717) is 6.42 Å². The smallest absolute Gasteiger partial charge is 0.303 e. The van der Waals surface area contributed by atoms with E-state index in [1.807, 2.05) is 0 Å². The van der Waals surface area contributed by atoms with E-state index in [1.165, 1.54) is 70.6 Å². The van der Waals surface area contributed by atoms with Crippen molar-refractivity contribution in [3.05, 3.63) is 0 Å². The van der Waals surface area contributed by atoms with E-state index in [4.69, 9.17) is 5.11 Å². The van der Waals surface area contributed by atoms with Crippen LogP contribution in [0, 0.1) is 11.8 Å². The van der Waals surface area contributed by atoms with E-state index >= 15 is 0 Å². The maximum absolute atomic E-state index is 10.3. The Labute approximate surface area is 138 Å². The van der Waals surface area contributed by atoms with Gasteiger partial charge in [0.2, 0.25) is 0 Å². The summed E-state index contributed by atoms with van der Waals surface area (Å²) < 4.78 is 0. The lowest BCUT2D eigenvalue weighted by Gasteiger charge is -1.99. The molecule has 22 heavy (non-hydrogen) atoms. The van der Waals surface area contributed by atoms with E-state index < -0.39 is 5.97 Å². The van der Waals surface area contributed by atoms with Gasteiger partial charge in [-0.1, -0.05) is 71.1 Å². The molecule has 0 fully saturated rings. The van der Waals surface area contributed by atoms with Gasteiger partial charge in [-0.05, 0) is 19.3 Å². The van der Waals surface area contributed by atoms with Gasteiger partial charge < -0.3 is 5.11 Å². The van der Waals surface area contributed by atoms with Gasteiger partial charge in [0.1, 0.15) is 0 Å². The normalized spacial score (nSPS) is 10.2. The molecule has 0 aromatic rings. The molecule has 0 aromatic carbocycles. The van der Waals surface area contributed by atoms with Crippen molar-refractivity contribution in [3.8, 4) is 11.8 Å².